The molecule has 1 aromatic carbocycles. The van der Waals surface area contributed by atoms with Gasteiger partial charge >= 0.3 is 0 Å². The van der Waals surface area contributed by atoms with Gasteiger partial charge in [0.1, 0.15) is 0 Å². The second kappa shape index (κ2) is 9.39. The van der Waals surface area contributed by atoms with Gasteiger partial charge in [-0.15, -0.1) is 0 Å². The number of aromatic nitrogens is 2. The van der Waals surface area contributed by atoms with Gasteiger partial charge < -0.3 is 20.1 Å². The minimum atomic E-state index is -0.132. The Kier molecular flexibility index (Phi) is 5.93. The fourth-order valence-electron chi connectivity index (χ4n) is 5.77. The summed E-state index contributed by atoms with van der Waals surface area (Å²) in [4.78, 5) is 38.6. The average Bonchev–Trinajstić information content (AvgIpc) is 3.41. The van der Waals surface area contributed by atoms with Crippen LogP contribution in [0.1, 0.15) is 52.1 Å². The number of carbonyl (C=O) groups excluding carboxylic acids is 2. The quantitative estimate of drug-likeness (QED) is 0.531. The molecule has 0 unspecified atom stereocenters. The van der Waals surface area contributed by atoms with Crippen LogP contribution in [0.4, 0.5) is 5.69 Å². The third-order valence-electron chi connectivity index (χ3n) is 7.74. The van der Waals surface area contributed by atoms with Gasteiger partial charge in [-0.3, -0.25) is 14.6 Å². The topological polar surface area (TPSA) is 81.3 Å². The molecule has 0 aliphatic carbocycles. The number of hydrogen-bond donors (Lipinski definition) is 2. The number of nitrogens with one attached hydrogen (secondary N) is 2. The van der Waals surface area contributed by atoms with Crippen LogP contribution in [0.2, 0.25) is 0 Å². The molecule has 3 aliphatic heterocycles. The second-order valence-electron chi connectivity index (χ2n) is 9.94. The summed E-state index contributed by atoms with van der Waals surface area (Å²) in [6.07, 6.45) is 10.1. The molecule has 3 aromatic rings. The van der Waals surface area contributed by atoms with E-state index < -0.39 is 0 Å². The lowest BCUT2D eigenvalue weighted by Crippen LogP contribution is -2.43. The number of anilines is 1. The summed E-state index contributed by atoms with van der Waals surface area (Å²) in [6.45, 7) is 6.69. The molecule has 6 rings (SSSR count). The second-order valence-corrected chi connectivity index (χ2v) is 9.94. The highest BCUT2D eigenvalue weighted by molar-refractivity contribution is 6.36. The SMILES string of the molecule is Cc1c(/C=C2\C(=O)Nc3cccc(-c4ccncc4)c32)[nH]c2c1C(=O)N(CCN1CCCCC1)CC2. The number of aromatic amines is 1. The Bertz CT molecular complexity index is 1350. The van der Waals surface area contributed by atoms with Crippen LogP contribution in [0.25, 0.3) is 22.8 Å². The molecule has 2 amide bonds. The van der Waals surface area contributed by atoms with Crippen LogP contribution >= 0.6 is 0 Å². The summed E-state index contributed by atoms with van der Waals surface area (Å²) < 4.78 is 0. The van der Waals surface area contributed by atoms with Gasteiger partial charge in [-0.25, -0.2) is 0 Å². The largest absolute Gasteiger partial charge is 0.358 e. The fourth-order valence-corrected chi connectivity index (χ4v) is 5.77. The number of benzene rings is 1. The molecule has 0 atom stereocenters. The lowest BCUT2D eigenvalue weighted by molar-refractivity contribution is -0.110. The van der Waals surface area contributed by atoms with E-state index >= 15 is 0 Å². The van der Waals surface area contributed by atoms with E-state index in [9.17, 15) is 9.59 Å². The Morgan fingerprint density at radius 2 is 1.78 bits per heavy atom. The summed E-state index contributed by atoms with van der Waals surface area (Å²) >= 11 is 0. The number of hydrogen-bond acceptors (Lipinski definition) is 4. The molecule has 0 saturated carbocycles. The van der Waals surface area contributed by atoms with Gasteiger partial charge in [0, 0.05) is 61.1 Å². The van der Waals surface area contributed by atoms with Crippen molar-refractivity contribution in [2.45, 2.75) is 32.6 Å². The van der Waals surface area contributed by atoms with Gasteiger partial charge in [-0.2, -0.15) is 0 Å². The predicted molar refractivity (Wildman–Crippen MR) is 142 cm³/mol. The van der Waals surface area contributed by atoms with E-state index in [-0.39, 0.29) is 11.8 Å². The molecular formula is C29H31N5O2. The van der Waals surface area contributed by atoms with E-state index in [1.54, 1.807) is 12.4 Å². The monoisotopic (exact) mass is 481 g/mol. The molecule has 5 heterocycles. The van der Waals surface area contributed by atoms with Crippen LogP contribution in [0.5, 0.6) is 0 Å². The smallest absolute Gasteiger partial charge is 0.256 e. The Morgan fingerprint density at radius 3 is 2.58 bits per heavy atom. The van der Waals surface area contributed by atoms with Gasteiger partial charge in [0.05, 0.1) is 11.1 Å². The van der Waals surface area contributed by atoms with E-state index in [2.05, 4.69) is 20.2 Å². The molecule has 2 aromatic heterocycles. The first-order valence-corrected chi connectivity index (χ1v) is 12.9. The number of nitrogens with zero attached hydrogens (tertiary/aromatic N) is 3. The molecule has 184 valence electrons. The lowest BCUT2D eigenvalue weighted by atomic mass is 9.94. The summed E-state index contributed by atoms with van der Waals surface area (Å²) in [5.41, 5.74) is 7.76. The molecule has 1 saturated heterocycles. The molecule has 1 fully saturated rings. The number of likely N-dealkylation sites (tertiary alicyclic amines) is 1. The van der Waals surface area contributed by atoms with Crippen molar-refractivity contribution in [1.82, 2.24) is 19.8 Å². The molecule has 3 aliphatic rings. The number of piperidine rings is 1. The highest BCUT2D eigenvalue weighted by atomic mass is 16.2. The zero-order chi connectivity index (χ0) is 24.6. The van der Waals surface area contributed by atoms with Crippen LogP contribution in [0.3, 0.4) is 0 Å². The summed E-state index contributed by atoms with van der Waals surface area (Å²) in [5, 5.41) is 3.01. The van der Waals surface area contributed by atoms with Gasteiger partial charge in [-0.1, -0.05) is 18.6 Å². The first-order chi connectivity index (χ1) is 17.6. The van der Waals surface area contributed by atoms with Gasteiger partial charge in [-0.05, 0) is 73.8 Å². The molecule has 7 nitrogen and oxygen atoms in total. The van der Waals surface area contributed by atoms with Crippen LogP contribution in [-0.4, -0.2) is 64.3 Å². The zero-order valence-corrected chi connectivity index (χ0v) is 20.6. The summed E-state index contributed by atoms with van der Waals surface area (Å²) in [7, 11) is 0. The summed E-state index contributed by atoms with van der Waals surface area (Å²) in [5.74, 6) is -0.0339. The Balaban J connectivity index is 1.31. The number of carbonyl (C=O) groups is 2. The first kappa shape index (κ1) is 22.7. The molecule has 0 bridgehead atoms. The van der Waals surface area contributed by atoms with Gasteiger partial charge in [0.15, 0.2) is 0 Å². The summed E-state index contributed by atoms with van der Waals surface area (Å²) in [6, 6.07) is 9.80. The highest BCUT2D eigenvalue weighted by Gasteiger charge is 2.31. The van der Waals surface area contributed by atoms with Crippen LogP contribution in [0.15, 0.2) is 42.7 Å². The number of H-pyrrole nitrogens is 1. The maximum atomic E-state index is 13.4. The number of amides is 2. The van der Waals surface area contributed by atoms with Crippen LogP contribution in [-0.2, 0) is 11.2 Å². The van der Waals surface area contributed by atoms with E-state index in [4.69, 9.17) is 0 Å². The third-order valence-corrected chi connectivity index (χ3v) is 7.74. The Morgan fingerprint density at radius 1 is 0.972 bits per heavy atom. The van der Waals surface area contributed by atoms with Crippen molar-refractivity contribution < 1.29 is 9.59 Å². The van der Waals surface area contributed by atoms with Crippen molar-refractivity contribution in [3.05, 3.63) is 70.8 Å². The Hall–Kier alpha value is -3.71. The zero-order valence-electron chi connectivity index (χ0n) is 20.6. The van der Waals surface area contributed by atoms with E-state index in [1.165, 1.54) is 19.3 Å². The van der Waals surface area contributed by atoms with Crippen molar-refractivity contribution in [3.63, 3.8) is 0 Å². The molecule has 2 N–H and O–H groups in total. The van der Waals surface area contributed by atoms with Crippen molar-refractivity contribution >= 4 is 29.2 Å². The van der Waals surface area contributed by atoms with E-state index in [1.807, 2.05) is 48.2 Å². The van der Waals surface area contributed by atoms with Crippen molar-refractivity contribution in [2.75, 3.05) is 38.0 Å². The average molecular weight is 482 g/mol. The fraction of sp³-hybridized carbons (Fsp3) is 0.345. The standard InChI is InChI=1S/C29H31N5O2/c1-19-25(31-24-10-15-34(29(36)26(19)24)17-16-33-13-3-2-4-14-33)18-22-27-21(20-8-11-30-12-9-20)6-5-7-23(27)32-28(22)35/h5-9,11-12,18,31H,2-4,10,13-17H2,1H3,(H,32,35)/b22-18-. The van der Waals surface area contributed by atoms with Crippen LogP contribution < -0.4 is 5.32 Å². The molecule has 7 heteroatoms. The van der Waals surface area contributed by atoms with Gasteiger partial charge in [0.2, 0.25) is 0 Å². The Labute approximate surface area is 211 Å². The van der Waals surface area contributed by atoms with E-state index in [0.717, 1.165) is 84.0 Å². The molecular weight excluding hydrogens is 450 g/mol. The van der Waals surface area contributed by atoms with Crippen LogP contribution in [0, 0.1) is 6.92 Å². The highest BCUT2D eigenvalue weighted by Crippen LogP contribution is 2.40. The number of pyridine rings is 1. The van der Waals surface area contributed by atoms with Crippen molar-refractivity contribution in [2.24, 2.45) is 0 Å². The number of fused-ring (bicyclic) bond motifs is 2. The third kappa shape index (κ3) is 4.03. The minimum absolute atomic E-state index is 0.0976. The maximum Gasteiger partial charge on any atom is 0.256 e. The van der Waals surface area contributed by atoms with Crippen molar-refractivity contribution in [3.8, 4) is 11.1 Å². The maximum absolute atomic E-state index is 13.4. The molecule has 0 spiro atoms. The number of rotatable bonds is 5. The van der Waals surface area contributed by atoms with Crippen molar-refractivity contribution in [1.29, 1.82) is 0 Å². The van der Waals surface area contributed by atoms with Gasteiger partial charge in [0.25, 0.3) is 11.8 Å². The minimum Gasteiger partial charge on any atom is -0.358 e. The molecule has 0 radical (unpaired) electrons. The lowest BCUT2D eigenvalue weighted by Gasteiger charge is -2.32. The molecule has 36 heavy (non-hydrogen) atoms. The van der Waals surface area contributed by atoms with E-state index in [0.29, 0.717) is 5.57 Å². The normalized spacial score (nSPS) is 18.9. The predicted octanol–water partition coefficient (Wildman–Crippen LogP) is 4.36. The first-order valence-electron chi connectivity index (χ1n) is 12.9.